The van der Waals surface area contributed by atoms with Gasteiger partial charge in [0.2, 0.25) is 17.7 Å². The highest BCUT2D eigenvalue weighted by molar-refractivity contribution is 6.36. The second kappa shape index (κ2) is 14.0. The van der Waals surface area contributed by atoms with Crippen LogP contribution < -0.4 is 9.47 Å². The van der Waals surface area contributed by atoms with Crippen LogP contribution in [-0.4, -0.2) is 75.3 Å². The van der Waals surface area contributed by atoms with Crippen molar-refractivity contribution in [2.24, 2.45) is 5.92 Å². The van der Waals surface area contributed by atoms with Gasteiger partial charge in [-0.1, -0.05) is 41.9 Å². The number of aliphatic hydroxyl groups excluding tert-OH is 1. The van der Waals surface area contributed by atoms with Crippen molar-refractivity contribution < 1.29 is 28.9 Å². The Labute approximate surface area is 317 Å². The second-order valence-electron chi connectivity index (χ2n) is 14.9. The van der Waals surface area contributed by atoms with E-state index in [9.17, 15) is 20.3 Å². The zero-order valence-electron chi connectivity index (χ0n) is 29.9. The molecule has 0 saturated carbocycles. The number of nitrogens with zero attached hydrogens (tertiary/aromatic N) is 5. The van der Waals surface area contributed by atoms with E-state index in [2.05, 4.69) is 28.0 Å². The molecule has 4 aliphatic rings. The van der Waals surface area contributed by atoms with Gasteiger partial charge in [0.05, 0.1) is 29.7 Å². The largest absolute Gasteiger partial charge is 0.481 e. The number of aromatic nitrogens is 2. The standard InChI is InChI=1S/C42H40ClN5O6/c1-52-40-23(20-47-16-15-25(49)22-47)8-13-37(46-40)53-36-12-10-27-26(4-2-5-29(27)36)30-6-3-7-31(38(30)43)41-45-34-18-32-28(33(19-44)39(34)54-41)9-11-35(32)48-17-14-24(21-48)42(50)51/h2-8,13,18,24-25,35-36,49H,9-12,14-17,20-22H2,1H3,(H,50,51)/t24-,25-,35-,36+/m1/s1. The van der Waals surface area contributed by atoms with Crippen molar-refractivity contribution in [1.29, 1.82) is 5.26 Å². The van der Waals surface area contributed by atoms with Crippen molar-refractivity contribution in [2.75, 3.05) is 33.3 Å². The fourth-order valence-corrected chi connectivity index (χ4v) is 9.37. The van der Waals surface area contributed by atoms with Gasteiger partial charge in [-0.3, -0.25) is 14.6 Å². The average Bonchev–Trinajstić information content (AvgIpc) is 4.02. The molecule has 12 heteroatoms. The Morgan fingerprint density at radius 3 is 2.57 bits per heavy atom. The zero-order chi connectivity index (χ0) is 37.1. The molecule has 4 heterocycles. The first-order chi connectivity index (χ1) is 26.3. The SMILES string of the molecule is COc1nc(O[C@H]2CCc3c(-c4cccc(-c5nc6cc7c(c(C#N)c6o5)CC[C@H]7N5CC[C@@H](C(=O)O)C5)c4Cl)cccc32)ccc1CN1CC[C@@H](O)C1. The highest BCUT2D eigenvalue weighted by atomic mass is 35.5. The van der Waals surface area contributed by atoms with Crippen LogP contribution in [0.15, 0.2) is 59.0 Å². The minimum absolute atomic E-state index is 0.0497. The topological polar surface area (TPSA) is 145 Å². The highest BCUT2D eigenvalue weighted by Gasteiger charge is 2.38. The van der Waals surface area contributed by atoms with E-state index in [4.69, 9.17) is 35.5 Å². The third-order valence-corrected chi connectivity index (χ3v) is 12.1. The van der Waals surface area contributed by atoms with Crippen molar-refractivity contribution in [3.05, 3.63) is 93.0 Å². The second-order valence-corrected chi connectivity index (χ2v) is 15.2. The summed E-state index contributed by atoms with van der Waals surface area (Å²) in [6.07, 6.45) is 4.06. The number of hydrogen-bond acceptors (Lipinski definition) is 10. The average molecular weight is 746 g/mol. The number of ether oxygens (including phenoxy) is 2. The van der Waals surface area contributed by atoms with Gasteiger partial charge in [-0.25, -0.2) is 4.98 Å². The Morgan fingerprint density at radius 1 is 0.981 bits per heavy atom. The molecule has 0 spiro atoms. The number of nitriles is 1. The van der Waals surface area contributed by atoms with E-state index in [1.165, 1.54) is 0 Å². The fraction of sp³-hybridized carbons (Fsp3) is 0.381. The molecular weight excluding hydrogens is 706 g/mol. The molecule has 0 unspecified atom stereocenters. The Balaban J connectivity index is 0.990. The lowest BCUT2D eigenvalue weighted by Gasteiger charge is -2.24. The van der Waals surface area contributed by atoms with Crippen LogP contribution in [0, 0.1) is 17.2 Å². The number of fused-ring (bicyclic) bond motifs is 3. The predicted octanol–water partition coefficient (Wildman–Crippen LogP) is 7.12. The van der Waals surface area contributed by atoms with E-state index < -0.39 is 5.97 Å². The number of methoxy groups -OCH3 is 1. The molecule has 2 N–H and O–H groups in total. The van der Waals surface area contributed by atoms with Gasteiger partial charge in [-0.15, -0.1) is 0 Å². The monoisotopic (exact) mass is 745 g/mol. The lowest BCUT2D eigenvalue weighted by atomic mass is 9.95. The van der Waals surface area contributed by atoms with Crippen LogP contribution in [0.3, 0.4) is 0 Å². The minimum atomic E-state index is -0.756. The molecule has 4 atom stereocenters. The first-order valence-electron chi connectivity index (χ1n) is 18.6. The number of rotatable bonds is 9. The zero-order valence-corrected chi connectivity index (χ0v) is 30.7. The van der Waals surface area contributed by atoms with Crippen LogP contribution in [0.4, 0.5) is 0 Å². The summed E-state index contributed by atoms with van der Waals surface area (Å²) in [6, 6.07) is 20.4. The number of halogens is 1. The molecule has 3 aromatic carbocycles. The number of pyridine rings is 1. The number of benzene rings is 3. The number of β-amino-alcohol motifs (C(OH)–C–C–N with tert-alkyl or cyclic N) is 1. The molecule has 54 heavy (non-hydrogen) atoms. The Bertz CT molecular complexity index is 2340. The predicted molar refractivity (Wildman–Crippen MR) is 201 cm³/mol. The van der Waals surface area contributed by atoms with Crippen LogP contribution in [-0.2, 0) is 24.2 Å². The third kappa shape index (κ3) is 6.07. The van der Waals surface area contributed by atoms with Crippen molar-refractivity contribution in [1.82, 2.24) is 19.8 Å². The Kier molecular flexibility index (Phi) is 9.02. The lowest BCUT2D eigenvalue weighted by Crippen LogP contribution is -2.26. The first kappa shape index (κ1) is 34.8. The van der Waals surface area contributed by atoms with Gasteiger partial charge in [0.25, 0.3) is 0 Å². The van der Waals surface area contributed by atoms with E-state index >= 15 is 0 Å². The molecule has 11 nitrogen and oxygen atoms in total. The van der Waals surface area contributed by atoms with E-state index in [0.29, 0.717) is 77.5 Å². The maximum Gasteiger partial charge on any atom is 0.307 e. The molecule has 2 aliphatic heterocycles. The number of carboxylic acids is 1. The van der Waals surface area contributed by atoms with Gasteiger partial charge >= 0.3 is 5.97 Å². The summed E-state index contributed by atoms with van der Waals surface area (Å²) in [5.74, 6) is 0.240. The molecule has 0 amide bonds. The Hall–Kier alpha value is -4.99. The summed E-state index contributed by atoms with van der Waals surface area (Å²) in [6.45, 7) is 3.37. The van der Waals surface area contributed by atoms with Crippen LogP contribution >= 0.6 is 11.6 Å². The normalized spacial score (nSPS) is 22.4. The minimum Gasteiger partial charge on any atom is -0.481 e. The van der Waals surface area contributed by atoms with Crippen LogP contribution in [0.5, 0.6) is 11.8 Å². The molecule has 2 aliphatic carbocycles. The Morgan fingerprint density at radius 2 is 1.80 bits per heavy atom. The number of carbonyl (C=O) groups is 1. The number of carboxylic acid groups (broad SMARTS) is 1. The van der Waals surface area contributed by atoms with Crippen LogP contribution in [0.1, 0.15) is 71.2 Å². The summed E-state index contributed by atoms with van der Waals surface area (Å²) >= 11 is 7.22. The van der Waals surface area contributed by atoms with Crippen molar-refractivity contribution in [2.45, 2.75) is 63.3 Å². The van der Waals surface area contributed by atoms with Gasteiger partial charge in [-0.2, -0.15) is 10.2 Å². The highest BCUT2D eigenvalue weighted by Crippen LogP contribution is 2.46. The molecular formula is C42H40ClN5O6. The molecule has 2 saturated heterocycles. The van der Waals surface area contributed by atoms with Gasteiger partial charge in [0.1, 0.15) is 23.3 Å². The molecule has 2 fully saturated rings. The van der Waals surface area contributed by atoms with Crippen LogP contribution in [0.25, 0.3) is 33.7 Å². The third-order valence-electron chi connectivity index (χ3n) is 11.7. The quantitative estimate of drug-likeness (QED) is 0.159. The number of likely N-dealkylation sites (tertiary alicyclic amines) is 2. The van der Waals surface area contributed by atoms with Gasteiger partial charge < -0.3 is 24.1 Å². The number of oxazole rings is 1. The van der Waals surface area contributed by atoms with E-state index in [1.54, 1.807) is 7.11 Å². The maximum atomic E-state index is 11.7. The smallest absolute Gasteiger partial charge is 0.307 e. The van der Waals surface area contributed by atoms with Crippen molar-refractivity contribution in [3.63, 3.8) is 0 Å². The van der Waals surface area contributed by atoms with Crippen LogP contribution in [0.2, 0.25) is 5.02 Å². The van der Waals surface area contributed by atoms with Gasteiger partial charge in [0, 0.05) is 49.4 Å². The summed E-state index contributed by atoms with van der Waals surface area (Å²) in [7, 11) is 1.61. The summed E-state index contributed by atoms with van der Waals surface area (Å²) in [4.78, 5) is 25.7. The van der Waals surface area contributed by atoms with E-state index in [-0.39, 0.29) is 24.2 Å². The first-order valence-corrected chi connectivity index (χ1v) is 19.0. The van der Waals surface area contributed by atoms with Gasteiger partial charge in [0.15, 0.2) is 5.58 Å². The molecule has 0 bridgehead atoms. The van der Waals surface area contributed by atoms with Gasteiger partial charge in [-0.05, 0) is 91.1 Å². The molecule has 9 rings (SSSR count). The van der Waals surface area contributed by atoms with E-state index in [0.717, 1.165) is 77.6 Å². The fourth-order valence-electron chi connectivity index (χ4n) is 9.07. The van der Waals surface area contributed by atoms with Crippen molar-refractivity contribution >= 4 is 28.7 Å². The maximum absolute atomic E-state index is 11.7. The number of hydrogen-bond donors (Lipinski definition) is 2. The number of aliphatic carboxylic acids is 1. The summed E-state index contributed by atoms with van der Waals surface area (Å²) < 4.78 is 18.5. The molecule has 276 valence electrons. The molecule has 2 aromatic heterocycles. The molecule has 5 aromatic rings. The molecule has 0 radical (unpaired) electrons. The number of aliphatic hydroxyl groups is 1. The summed E-state index contributed by atoms with van der Waals surface area (Å²) in [5, 5.41) is 30.3. The summed E-state index contributed by atoms with van der Waals surface area (Å²) in [5.41, 5.74) is 9.24. The lowest BCUT2D eigenvalue weighted by molar-refractivity contribution is -0.141. The van der Waals surface area contributed by atoms with E-state index in [1.807, 2.05) is 42.5 Å². The van der Waals surface area contributed by atoms with Crippen molar-refractivity contribution in [3.8, 4) is 40.4 Å².